The van der Waals surface area contributed by atoms with E-state index in [4.69, 9.17) is 14.7 Å². The third kappa shape index (κ3) is 3.01. The Morgan fingerprint density at radius 3 is 1.94 bits per heavy atom. The van der Waals surface area contributed by atoms with Crippen molar-refractivity contribution in [1.29, 1.82) is 0 Å². The zero-order chi connectivity index (χ0) is 13.1. The van der Waals surface area contributed by atoms with Crippen LogP contribution in [0.1, 0.15) is 11.1 Å². The van der Waals surface area contributed by atoms with E-state index in [9.17, 15) is 13.2 Å². The summed E-state index contributed by atoms with van der Waals surface area (Å²) in [7, 11) is 2.49. The normalized spacial score (nSPS) is 11.4. The summed E-state index contributed by atoms with van der Waals surface area (Å²) in [5.74, 6) is -0.00329. The second kappa shape index (κ2) is 5.24. The molecule has 17 heavy (non-hydrogen) atoms. The van der Waals surface area contributed by atoms with Crippen LogP contribution in [0.3, 0.4) is 0 Å². The fraction of sp³-hybridized carbons (Fsp3) is 0.400. The Balaban J connectivity index is 3.33. The first kappa shape index (κ1) is 13.6. The van der Waals surface area contributed by atoms with Gasteiger partial charge in [0.05, 0.1) is 31.9 Å². The molecule has 0 aromatic heterocycles. The van der Waals surface area contributed by atoms with Gasteiger partial charge in [0.25, 0.3) is 0 Å². The highest BCUT2D eigenvalue weighted by atomic mass is 19.4. The fourth-order valence-corrected chi connectivity index (χ4v) is 1.40. The largest absolute Gasteiger partial charge is 0.496 e. The molecule has 1 aromatic carbocycles. The van der Waals surface area contributed by atoms with Gasteiger partial charge < -0.3 is 14.7 Å². The maximum atomic E-state index is 12.6. The summed E-state index contributed by atoms with van der Waals surface area (Å²) >= 11 is 0. The van der Waals surface area contributed by atoms with Gasteiger partial charge in [0, 0.05) is 0 Å². The summed E-state index contributed by atoms with van der Waals surface area (Å²) in [5, 5.41) is 8.61. The second-order valence-corrected chi connectivity index (χ2v) is 3.19. The number of halogens is 3. The van der Waals surface area contributed by atoms with Crippen molar-refractivity contribution in [2.75, 3.05) is 14.2 Å². The number of hydroxylamine groups is 1. The van der Waals surface area contributed by atoms with Crippen LogP contribution in [0.25, 0.3) is 0 Å². The van der Waals surface area contributed by atoms with E-state index in [1.807, 2.05) is 5.48 Å². The monoisotopic (exact) mass is 251 g/mol. The lowest BCUT2D eigenvalue weighted by Crippen LogP contribution is -2.12. The maximum absolute atomic E-state index is 12.6. The summed E-state index contributed by atoms with van der Waals surface area (Å²) in [6.45, 7) is -0.0789. The molecule has 0 aliphatic heterocycles. The molecule has 7 heteroatoms. The van der Waals surface area contributed by atoms with E-state index in [0.29, 0.717) is 5.56 Å². The summed E-state index contributed by atoms with van der Waals surface area (Å²) < 4.78 is 47.4. The fourth-order valence-electron chi connectivity index (χ4n) is 1.40. The van der Waals surface area contributed by atoms with Gasteiger partial charge >= 0.3 is 6.18 Å². The molecule has 1 rings (SSSR count). The van der Waals surface area contributed by atoms with E-state index in [0.717, 1.165) is 12.1 Å². The van der Waals surface area contributed by atoms with Crippen molar-refractivity contribution in [3.8, 4) is 11.5 Å². The summed E-state index contributed by atoms with van der Waals surface area (Å²) in [6.07, 6.45) is -4.48. The summed E-state index contributed by atoms with van der Waals surface area (Å²) in [5.41, 5.74) is 1.29. The van der Waals surface area contributed by atoms with E-state index in [2.05, 4.69) is 0 Å². The van der Waals surface area contributed by atoms with Gasteiger partial charge in [0.1, 0.15) is 11.5 Å². The van der Waals surface area contributed by atoms with Gasteiger partial charge in [-0.05, 0) is 12.1 Å². The van der Waals surface area contributed by atoms with E-state index in [1.165, 1.54) is 14.2 Å². The van der Waals surface area contributed by atoms with Crippen molar-refractivity contribution in [2.24, 2.45) is 0 Å². The molecule has 1 aromatic rings. The lowest BCUT2D eigenvalue weighted by atomic mass is 10.1. The molecule has 0 saturated carbocycles. The highest BCUT2D eigenvalue weighted by Crippen LogP contribution is 2.38. The molecule has 0 spiro atoms. The Kier molecular flexibility index (Phi) is 4.19. The zero-order valence-corrected chi connectivity index (χ0v) is 9.26. The van der Waals surface area contributed by atoms with Crippen LogP contribution in [0.15, 0.2) is 12.1 Å². The minimum atomic E-state index is -4.48. The molecule has 0 amide bonds. The van der Waals surface area contributed by atoms with Crippen molar-refractivity contribution in [1.82, 2.24) is 5.48 Å². The Morgan fingerprint density at radius 2 is 1.65 bits per heavy atom. The lowest BCUT2D eigenvalue weighted by Gasteiger charge is -2.16. The van der Waals surface area contributed by atoms with Crippen molar-refractivity contribution < 1.29 is 27.9 Å². The van der Waals surface area contributed by atoms with Gasteiger partial charge in [0.15, 0.2) is 0 Å². The Hall–Kier alpha value is -1.47. The minimum Gasteiger partial charge on any atom is -0.496 e. The molecule has 0 aliphatic carbocycles. The van der Waals surface area contributed by atoms with Gasteiger partial charge in [-0.1, -0.05) is 0 Å². The van der Waals surface area contributed by atoms with Gasteiger partial charge in [0.2, 0.25) is 0 Å². The number of benzene rings is 1. The van der Waals surface area contributed by atoms with Crippen LogP contribution in [-0.4, -0.2) is 19.4 Å². The highest BCUT2D eigenvalue weighted by Gasteiger charge is 2.32. The van der Waals surface area contributed by atoms with E-state index in [-0.39, 0.29) is 18.0 Å². The first-order valence-corrected chi connectivity index (χ1v) is 4.63. The van der Waals surface area contributed by atoms with Crippen LogP contribution in [-0.2, 0) is 12.7 Å². The van der Waals surface area contributed by atoms with E-state index in [1.54, 1.807) is 0 Å². The topological polar surface area (TPSA) is 50.7 Å². The third-order valence-corrected chi connectivity index (χ3v) is 2.19. The number of methoxy groups -OCH3 is 2. The SMILES string of the molecule is COc1cc(C(F)(F)F)cc(OC)c1CNO. The van der Waals surface area contributed by atoms with Crippen LogP contribution in [0, 0.1) is 0 Å². The molecule has 2 N–H and O–H groups in total. The standard InChI is InChI=1S/C10H12F3NO3/c1-16-8-3-6(10(11,12)13)4-9(17-2)7(8)5-14-15/h3-4,14-15H,5H2,1-2H3. The molecular weight excluding hydrogens is 239 g/mol. The number of hydrogen-bond acceptors (Lipinski definition) is 4. The van der Waals surface area contributed by atoms with E-state index < -0.39 is 11.7 Å². The molecule has 0 bridgehead atoms. The number of rotatable bonds is 4. The van der Waals surface area contributed by atoms with Gasteiger partial charge in [-0.25, -0.2) is 5.48 Å². The van der Waals surface area contributed by atoms with Gasteiger partial charge in [-0.3, -0.25) is 0 Å². The Morgan fingerprint density at radius 1 is 1.18 bits per heavy atom. The molecule has 0 aliphatic rings. The first-order chi connectivity index (χ1) is 7.93. The number of hydrogen-bond donors (Lipinski definition) is 2. The molecular formula is C10H12F3NO3. The molecule has 0 radical (unpaired) electrons. The zero-order valence-electron chi connectivity index (χ0n) is 9.26. The number of alkyl halides is 3. The molecule has 0 heterocycles. The summed E-state index contributed by atoms with van der Waals surface area (Å²) in [6, 6.07) is 1.71. The summed E-state index contributed by atoms with van der Waals surface area (Å²) in [4.78, 5) is 0. The number of ether oxygens (including phenoxy) is 2. The third-order valence-electron chi connectivity index (χ3n) is 2.19. The quantitative estimate of drug-likeness (QED) is 0.805. The number of nitrogens with one attached hydrogen (secondary N) is 1. The maximum Gasteiger partial charge on any atom is 0.416 e. The van der Waals surface area contributed by atoms with Crippen molar-refractivity contribution in [3.63, 3.8) is 0 Å². The van der Waals surface area contributed by atoms with Crippen molar-refractivity contribution >= 4 is 0 Å². The molecule has 0 atom stereocenters. The predicted octanol–water partition coefficient (Wildman–Crippen LogP) is 2.20. The average molecular weight is 251 g/mol. The highest BCUT2D eigenvalue weighted by molar-refractivity contribution is 5.48. The molecule has 0 saturated heterocycles. The molecule has 0 fully saturated rings. The van der Waals surface area contributed by atoms with Crippen molar-refractivity contribution in [3.05, 3.63) is 23.3 Å². The second-order valence-electron chi connectivity index (χ2n) is 3.19. The van der Waals surface area contributed by atoms with Crippen LogP contribution in [0.4, 0.5) is 13.2 Å². The molecule has 0 unspecified atom stereocenters. The van der Waals surface area contributed by atoms with Crippen LogP contribution in [0.5, 0.6) is 11.5 Å². The van der Waals surface area contributed by atoms with Crippen LogP contribution in [0.2, 0.25) is 0 Å². The molecule has 96 valence electrons. The van der Waals surface area contributed by atoms with E-state index >= 15 is 0 Å². The first-order valence-electron chi connectivity index (χ1n) is 4.63. The van der Waals surface area contributed by atoms with Gasteiger partial charge in [-0.2, -0.15) is 13.2 Å². The van der Waals surface area contributed by atoms with Crippen LogP contribution < -0.4 is 15.0 Å². The van der Waals surface area contributed by atoms with Gasteiger partial charge in [-0.15, -0.1) is 0 Å². The minimum absolute atomic E-state index is 0.00164. The lowest BCUT2D eigenvalue weighted by molar-refractivity contribution is -0.137. The Bertz CT molecular complexity index is 368. The van der Waals surface area contributed by atoms with Crippen molar-refractivity contribution in [2.45, 2.75) is 12.7 Å². The molecule has 4 nitrogen and oxygen atoms in total. The average Bonchev–Trinajstić information content (AvgIpc) is 2.28. The van der Waals surface area contributed by atoms with Crippen LogP contribution >= 0.6 is 0 Å². The smallest absolute Gasteiger partial charge is 0.416 e. The predicted molar refractivity (Wildman–Crippen MR) is 53.2 cm³/mol. The Labute approximate surface area is 95.9 Å².